The van der Waals surface area contributed by atoms with E-state index in [0.717, 1.165) is 31.5 Å². The van der Waals surface area contributed by atoms with Gasteiger partial charge in [0.25, 0.3) is 0 Å². The van der Waals surface area contributed by atoms with Crippen LogP contribution in [-0.4, -0.2) is 35.4 Å². The molecule has 98 valence electrons. The molecule has 5 heteroatoms. The Labute approximate surface area is 107 Å². The van der Waals surface area contributed by atoms with Gasteiger partial charge in [-0.05, 0) is 31.4 Å². The van der Waals surface area contributed by atoms with E-state index in [2.05, 4.69) is 10.3 Å². The van der Waals surface area contributed by atoms with Gasteiger partial charge in [0.2, 0.25) is 5.91 Å². The highest BCUT2D eigenvalue weighted by molar-refractivity contribution is 5.77. The van der Waals surface area contributed by atoms with E-state index in [1.807, 2.05) is 17.9 Å². The van der Waals surface area contributed by atoms with Crippen molar-refractivity contribution in [1.29, 1.82) is 0 Å². The van der Waals surface area contributed by atoms with Crippen LogP contribution >= 0.6 is 0 Å². The Balaban J connectivity index is 1.79. The van der Waals surface area contributed by atoms with Crippen LogP contribution in [0.1, 0.15) is 24.8 Å². The normalized spacial score (nSPS) is 14.8. The number of nitrogens with one attached hydrogen (secondary N) is 1. The molecule has 2 rings (SSSR count). The highest BCUT2D eigenvalue weighted by Crippen LogP contribution is 2.16. The first-order valence-electron chi connectivity index (χ1n) is 6.40. The zero-order valence-electron chi connectivity index (χ0n) is 10.8. The number of rotatable bonds is 4. The number of hydrogen-bond donors (Lipinski definition) is 2. The van der Waals surface area contributed by atoms with E-state index in [1.165, 1.54) is 0 Å². The number of nitrogens with zero attached hydrogens (tertiary/aromatic N) is 2. The summed E-state index contributed by atoms with van der Waals surface area (Å²) in [6, 6.07) is 1.87. The Morgan fingerprint density at radius 1 is 1.50 bits per heavy atom. The molecule has 3 N–H and O–H groups in total. The standard InChI is InChI=1S/C13H20N4O/c1-10-8-11(14)13(16-9-10)15-5-4-12(18)17-6-2-3-7-17/h8-9H,2-7,14H2,1H3,(H,15,16). The van der Waals surface area contributed by atoms with E-state index >= 15 is 0 Å². The number of amides is 1. The van der Waals surface area contributed by atoms with Crippen molar-refractivity contribution in [1.82, 2.24) is 9.88 Å². The van der Waals surface area contributed by atoms with Gasteiger partial charge in [0, 0.05) is 32.3 Å². The molecule has 0 saturated carbocycles. The molecule has 0 atom stereocenters. The van der Waals surface area contributed by atoms with Crippen molar-refractivity contribution in [3.63, 3.8) is 0 Å². The number of aryl methyl sites for hydroxylation is 1. The Bertz CT molecular complexity index is 427. The smallest absolute Gasteiger partial charge is 0.224 e. The summed E-state index contributed by atoms with van der Waals surface area (Å²) in [7, 11) is 0. The van der Waals surface area contributed by atoms with Crippen LogP contribution < -0.4 is 11.1 Å². The maximum absolute atomic E-state index is 11.8. The molecule has 2 heterocycles. The minimum atomic E-state index is 0.214. The van der Waals surface area contributed by atoms with Crippen molar-refractivity contribution in [3.8, 4) is 0 Å². The lowest BCUT2D eigenvalue weighted by Gasteiger charge is -2.15. The molecule has 1 amide bonds. The van der Waals surface area contributed by atoms with E-state index < -0.39 is 0 Å². The third kappa shape index (κ3) is 3.12. The first-order chi connectivity index (χ1) is 8.66. The second-order valence-corrected chi connectivity index (χ2v) is 4.72. The highest BCUT2D eigenvalue weighted by atomic mass is 16.2. The number of aromatic nitrogens is 1. The average molecular weight is 248 g/mol. The number of anilines is 2. The first kappa shape index (κ1) is 12.7. The summed E-state index contributed by atoms with van der Waals surface area (Å²) in [5.74, 6) is 0.875. The fraction of sp³-hybridized carbons (Fsp3) is 0.538. The van der Waals surface area contributed by atoms with Gasteiger partial charge in [-0.3, -0.25) is 4.79 Å². The van der Waals surface area contributed by atoms with Crippen molar-refractivity contribution in [3.05, 3.63) is 17.8 Å². The fourth-order valence-electron chi connectivity index (χ4n) is 2.15. The summed E-state index contributed by atoms with van der Waals surface area (Å²) in [5.41, 5.74) is 7.50. The van der Waals surface area contributed by atoms with Gasteiger partial charge in [0.1, 0.15) is 5.82 Å². The Morgan fingerprint density at radius 2 is 2.22 bits per heavy atom. The van der Waals surface area contributed by atoms with Gasteiger partial charge in [-0.1, -0.05) is 0 Å². The lowest BCUT2D eigenvalue weighted by Crippen LogP contribution is -2.29. The van der Waals surface area contributed by atoms with Crippen molar-refractivity contribution in [2.45, 2.75) is 26.2 Å². The van der Waals surface area contributed by atoms with Crippen molar-refractivity contribution in [2.24, 2.45) is 0 Å². The molecule has 1 fully saturated rings. The van der Waals surface area contributed by atoms with Gasteiger partial charge < -0.3 is 16.0 Å². The topological polar surface area (TPSA) is 71.2 Å². The van der Waals surface area contributed by atoms with E-state index in [9.17, 15) is 4.79 Å². The lowest BCUT2D eigenvalue weighted by molar-refractivity contribution is -0.129. The zero-order valence-corrected chi connectivity index (χ0v) is 10.8. The van der Waals surface area contributed by atoms with Gasteiger partial charge in [0.05, 0.1) is 5.69 Å². The second-order valence-electron chi connectivity index (χ2n) is 4.72. The third-order valence-electron chi connectivity index (χ3n) is 3.14. The van der Waals surface area contributed by atoms with Crippen LogP contribution in [0, 0.1) is 6.92 Å². The molecule has 0 radical (unpaired) electrons. The van der Waals surface area contributed by atoms with Gasteiger partial charge in [-0.25, -0.2) is 4.98 Å². The fourth-order valence-corrected chi connectivity index (χ4v) is 2.15. The maximum Gasteiger partial charge on any atom is 0.224 e. The molecule has 1 aliphatic rings. The van der Waals surface area contributed by atoms with Crippen LogP contribution in [-0.2, 0) is 4.79 Å². The molecule has 1 aromatic rings. The van der Waals surface area contributed by atoms with Crippen LogP contribution in [0.15, 0.2) is 12.3 Å². The van der Waals surface area contributed by atoms with Gasteiger partial charge in [-0.15, -0.1) is 0 Å². The second kappa shape index (κ2) is 5.71. The number of pyridine rings is 1. The number of likely N-dealkylation sites (tertiary alicyclic amines) is 1. The summed E-state index contributed by atoms with van der Waals surface area (Å²) in [5, 5.41) is 3.11. The molecule has 0 aromatic carbocycles. The summed E-state index contributed by atoms with van der Waals surface area (Å²) >= 11 is 0. The minimum Gasteiger partial charge on any atom is -0.396 e. The lowest BCUT2D eigenvalue weighted by atomic mass is 10.3. The third-order valence-corrected chi connectivity index (χ3v) is 3.14. The van der Waals surface area contributed by atoms with Crippen LogP contribution in [0.25, 0.3) is 0 Å². The largest absolute Gasteiger partial charge is 0.396 e. The first-order valence-corrected chi connectivity index (χ1v) is 6.40. The Morgan fingerprint density at radius 3 is 2.89 bits per heavy atom. The molecule has 5 nitrogen and oxygen atoms in total. The molecule has 1 aliphatic heterocycles. The minimum absolute atomic E-state index is 0.214. The van der Waals surface area contributed by atoms with Crippen LogP contribution in [0.5, 0.6) is 0 Å². The van der Waals surface area contributed by atoms with Gasteiger partial charge in [0.15, 0.2) is 0 Å². The van der Waals surface area contributed by atoms with Crippen molar-refractivity contribution < 1.29 is 4.79 Å². The Kier molecular flexibility index (Phi) is 4.02. The van der Waals surface area contributed by atoms with Gasteiger partial charge in [-0.2, -0.15) is 0 Å². The van der Waals surface area contributed by atoms with E-state index in [-0.39, 0.29) is 5.91 Å². The van der Waals surface area contributed by atoms with E-state index in [1.54, 1.807) is 6.20 Å². The molecular weight excluding hydrogens is 228 g/mol. The Hall–Kier alpha value is -1.78. The number of carbonyl (C=O) groups excluding carboxylic acids is 1. The molecule has 0 unspecified atom stereocenters. The average Bonchev–Trinajstić information content (AvgIpc) is 2.85. The predicted octanol–water partition coefficient (Wildman–Crippen LogP) is 1.40. The van der Waals surface area contributed by atoms with E-state index in [0.29, 0.717) is 24.5 Å². The number of nitrogen functional groups attached to an aromatic ring is 1. The van der Waals surface area contributed by atoms with Crippen molar-refractivity contribution in [2.75, 3.05) is 30.7 Å². The monoisotopic (exact) mass is 248 g/mol. The summed E-state index contributed by atoms with van der Waals surface area (Å²) in [6.45, 7) is 4.34. The molecule has 0 bridgehead atoms. The number of hydrogen-bond acceptors (Lipinski definition) is 4. The van der Waals surface area contributed by atoms with Crippen LogP contribution in [0.4, 0.5) is 11.5 Å². The SMILES string of the molecule is Cc1cnc(NCCC(=O)N2CCCC2)c(N)c1. The predicted molar refractivity (Wildman–Crippen MR) is 72.3 cm³/mol. The van der Waals surface area contributed by atoms with Gasteiger partial charge >= 0.3 is 0 Å². The quantitative estimate of drug-likeness (QED) is 0.845. The number of carbonyl (C=O) groups is 1. The molecule has 1 saturated heterocycles. The molecule has 0 spiro atoms. The van der Waals surface area contributed by atoms with Crippen LogP contribution in [0.2, 0.25) is 0 Å². The maximum atomic E-state index is 11.8. The summed E-state index contributed by atoms with van der Waals surface area (Å²) in [6.07, 6.45) is 4.52. The number of nitrogens with two attached hydrogens (primary N) is 1. The molecule has 0 aliphatic carbocycles. The molecule has 18 heavy (non-hydrogen) atoms. The molecule has 1 aromatic heterocycles. The van der Waals surface area contributed by atoms with Crippen LogP contribution in [0.3, 0.4) is 0 Å². The highest BCUT2D eigenvalue weighted by Gasteiger charge is 2.17. The van der Waals surface area contributed by atoms with Crippen molar-refractivity contribution >= 4 is 17.4 Å². The summed E-state index contributed by atoms with van der Waals surface area (Å²) in [4.78, 5) is 17.9. The summed E-state index contributed by atoms with van der Waals surface area (Å²) < 4.78 is 0. The molecular formula is C13H20N4O. The van der Waals surface area contributed by atoms with E-state index in [4.69, 9.17) is 5.73 Å². The zero-order chi connectivity index (χ0) is 13.0.